The molecular formula is C11H13ClN4OS. The van der Waals surface area contributed by atoms with Crippen LogP contribution in [0.1, 0.15) is 19.3 Å². The van der Waals surface area contributed by atoms with Crippen LogP contribution in [-0.2, 0) is 4.79 Å². The van der Waals surface area contributed by atoms with Crippen LogP contribution >= 0.6 is 22.9 Å². The summed E-state index contributed by atoms with van der Waals surface area (Å²) in [6, 6.07) is 1.96. The van der Waals surface area contributed by atoms with E-state index in [1.54, 1.807) is 0 Å². The van der Waals surface area contributed by atoms with Gasteiger partial charge in [-0.25, -0.2) is 9.97 Å². The molecular weight excluding hydrogens is 272 g/mol. The number of fused-ring (bicyclic) bond motifs is 1. The van der Waals surface area contributed by atoms with E-state index in [2.05, 4.69) is 15.3 Å². The van der Waals surface area contributed by atoms with E-state index in [-0.39, 0.29) is 11.2 Å². The second-order valence-electron chi connectivity index (χ2n) is 3.83. The zero-order valence-corrected chi connectivity index (χ0v) is 11.2. The van der Waals surface area contributed by atoms with Gasteiger partial charge < -0.3 is 11.1 Å². The van der Waals surface area contributed by atoms with Gasteiger partial charge in [-0.2, -0.15) is 0 Å². The van der Waals surface area contributed by atoms with E-state index in [9.17, 15) is 4.79 Å². The van der Waals surface area contributed by atoms with Crippen LogP contribution in [0, 0.1) is 0 Å². The third kappa shape index (κ3) is 3.30. The Balaban J connectivity index is 1.94. The molecule has 2 aromatic rings. The summed E-state index contributed by atoms with van der Waals surface area (Å²) in [5, 5.41) is 6.37. The highest BCUT2D eigenvalue weighted by Crippen LogP contribution is 2.26. The van der Waals surface area contributed by atoms with Crippen LogP contribution in [0.2, 0.25) is 5.28 Å². The van der Waals surface area contributed by atoms with Gasteiger partial charge in [0.2, 0.25) is 11.2 Å². The zero-order chi connectivity index (χ0) is 13.0. The summed E-state index contributed by atoms with van der Waals surface area (Å²) in [7, 11) is 0. The zero-order valence-electron chi connectivity index (χ0n) is 9.65. The number of aromatic nitrogens is 2. The van der Waals surface area contributed by atoms with E-state index < -0.39 is 0 Å². The lowest BCUT2D eigenvalue weighted by atomic mass is 10.2. The van der Waals surface area contributed by atoms with E-state index >= 15 is 0 Å². The van der Waals surface area contributed by atoms with Crippen LogP contribution in [0.4, 0.5) is 5.82 Å². The lowest BCUT2D eigenvalue weighted by molar-refractivity contribution is -0.118. The van der Waals surface area contributed by atoms with E-state index in [1.165, 1.54) is 11.3 Å². The molecule has 2 rings (SSSR count). The molecule has 0 aromatic carbocycles. The fourth-order valence-corrected chi connectivity index (χ4v) is 2.58. The van der Waals surface area contributed by atoms with Crippen molar-refractivity contribution in [3.63, 3.8) is 0 Å². The minimum Gasteiger partial charge on any atom is -0.370 e. The summed E-state index contributed by atoms with van der Waals surface area (Å²) in [5.74, 6) is 0.477. The van der Waals surface area contributed by atoms with Gasteiger partial charge in [-0.15, -0.1) is 11.3 Å². The molecule has 0 saturated carbocycles. The number of carbonyl (C=O) groups excluding carboxylic acids is 1. The number of nitrogens with one attached hydrogen (secondary N) is 1. The number of hydrogen-bond donors (Lipinski definition) is 2. The number of nitrogens with two attached hydrogens (primary N) is 1. The van der Waals surface area contributed by atoms with Crippen molar-refractivity contribution < 1.29 is 4.79 Å². The molecule has 0 radical (unpaired) electrons. The van der Waals surface area contributed by atoms with Crippen LogP contribution in [-0.4, -0.2) is 22.4 Å². The van der Waals surface area contributed by atoms with E-state index in [0.29, 0.717) is 6.42 Å². The number of unbranched alkanes of at least 4 members (excludes halogenated alkanes) is 1. The highest BCUT2D eigenvalue weighted by atomic mass is 35.5. The molecule has 2 aromatic heterocycles. The summed E-state index contributed by atoms with van der Waals surface area (Å²) in [6.45, 7) is 0.728. The Morgan fingerprint density at radius 2 is 2.28 bits per heavy atom. The van der Waals surface area contributed by atoms with Crippen molar-refractivity contribution in [3.8, 4) is 0 Å². The number of halogens is 1. The maximum absolute atomic E-state index is 10.6. The standard InChI is InChI=1S/C11H13ClN4OS/c12-11-15-9(7-4-6-18-10(7)16-11)14-5-2-1-3-8(13)17/h4,6H,1-3,5H2,(H2,13,17)(H,14,15,16). The van der Waals surface area contributed by atoms with Crippen LogP contribution < -0.4 is 11.1 Å². The number of nitrogens with zero attached hydrogens (tertiary/aromatic N) is 2. The second kappa shape index (κ2) is 5.97. The molecule has 1 amide bonds. The van der Waals surface area contributed by atoms with Crippen LogP contribution in [0.5, 0.6) is 0 Å². The van der Waals surface area contributed by atoms with Gasteiger partial charge in [-0.3, -0.25) is 4.79 Å². The summed E-state index contributed by atoms with van der Waals surface area (Å²) < 4.78 is 0. The van der Waals surface area contributed by atoms with Crippen molar-refractivity contribution in [1.82, 2.24) is 9.97 Å². The van der Waals surface area contributed by atoms with Gasteiger partial charge in [-0.1, -0.05) is 0 Å². The minimum atomic E-state index is -0.264. The predicted molar refractivity (Wildman–Crippen MR) is 74.0 cm³/mol. The van der Waals surface area contributed by atoms with E-state index in [4.69, 9.17) is 17.3 Å². The Labute approximate surface area is 113 Å². The van der Waals surface area contributed by atoms with Crippen molar-refractivity contribution in [1.29, 1.82) is 0 Å². The van der Waals surface area contributed by atoms with Gasteiger partial charge in [-0.05, 0) is 35.9 Å². The Hall–Kier alpha value is -1.40. The first kappa shape index (κ1) is 13.0. The van der Waals surface area contributed by atoms with Gasteiger partial charge in [0.15, 0.2) is 0 Å². The molecule has 0 aliphatic rings. The third-order valence-electron chi connectivity index (χ3n) is 2.44. The summed E-state index contributed by atoms with van der Waals surface area (Å²) in [5.41, 5.74) is 5.07. The number of anilines is 1. The van der Waals surface area contributed by atoms with Crippen LogP contribution in [0.15, 0.2) is 11.4 Å². The van der Waals surface area contributed by atoms with Gasteiger partial charge in [0.1, 0.15) is 10.6 Å². The smallest absolute Gasteiger partial charge is 0.225 e. The average molecular weight is 285 g/mol. The van der Waals surface area contributed by atoms with Crippen molar-refractivity contribution >= 4 is 44.9 Å². The van der Waals surface area contributed by atoms with Crippen molar-refractivity contribution in [2.24, 2.45) is 5.73 Å². The highest BCUT2D eigenvalue weighted by molar-refractivity contribution is 7.16. The monoisotopic (exact) mass is 284 g/mol. The third-order valence-corrected chi connectivity index (χ3v) is 3.42. The SMILES string of the molecule is NC(=O)CCCCNc1nc(Cl)nc2sccc12. The Kier molecular flexibility index (Phi) is 4.33. The molecule has 3 N–H and O–H groups in total. The van der Waals surface area contributed by atoms with Crippen molar-refractivity contribution in [2.75, 3.05) is 11.9 Å². The maximum atomic E-state index is 10.6. The summed E-state index contributed by atoms with van der Waals surface area (Å²) >= 11 is 7.37. The quantitative estimate of drug-likeness (QED) is 0.630. The number of primary amides is 1. The molecule has 0 bridgehead atoms. The second-order valence-corrected chi connectivity index (χ2v) is 5.06. The van der Waals surface area contributed by atoms with Crippen molar-refractivity contribution in [2.45, 2.75) is 19.3 Å². The average Bonchev–Trinajstić information content (AvgIpc) is 2.75. The van der Waals surface area contributed by atoms with E-state index in [0.717, 1.165) is 35.4 Å². The molecule has 0 saturated heterocycles. The molecule has 7 heteroatoms. The van der Waals surface area contributed by atoms with Gasteiger partial charge >= 0.3 is 0 Å². The van der Waals surface area contributed by atoms with Crippen molar-refractivity contribution in [3.05, 3.63) is 16.7 Å². The Morgan fingerprint density at radius 1 is 1.44 bits per heavy atom. The lowest BCUT2D eigenvalue weighted by Gasteiger charge is -2.06. The highest BCUT2D eigenvalue weighted by Gasteiger charge is 2.07. The van der Waals surface area contributed by atoms with Crippen LogP contribution in [0.25, 0.3) is 10.2 Å². The summed E-state index contributed by atoms with van der Waals surface area (Å²) in [4.78, 5) is 19.8. The lowest BCUT2D eigenvalue weighted by Crippen LogP contribution is -2.11. The Morgan fingerprint density at radius 3 is 3.06 bits per heavy atom. The molecule has 0 atom stereocenters. The molecule has 0 spiro atoms. The number of hydrogen-bond acceptors (Lipinski definition) is 5. The molecule has 5 nitrogen and oxygen atoms in total. The van der Waals surface area contributed by atoms with Gasteiger partial charge in [0.25, 0.3) is 0 Å². The first-order valence-electron chi connectivity index (χ1n) is 5.60. The van der Waals surface area contributed by atoms with Gasteiger partial charge in [0.05, 0.1) is 5.39 Å². The maximum Gasteiger partial charge on any atom is 0.225 e. The number of rotatable bonds is 6. The van der Waals surface area contributed by atoms with E-state index in [1.807, 2.05) is 11.4 Å². The molecule has 18 heavy (non-hydrogen) atoms. The van der Waals surface area contributed by atoms with Crippen LogP contribution in [0.3, 0.4) is 0 Å². The molecule has 0 fully saturated rings. The fourth-order valence-electron chi connectivity index (χ4n) is 1.60. The number of carbonyl (C=O) groups is 1. The molecule has 96 valence electrons. The normalized spacial score (nSPS) is 10.7. The summed E-state index contributed by atoms with van der Waals surface area (Å²) in [6.07, 6.45) is 2.05. The molecule has 0 unspecified atom stereocenters. The molecule has 2 heterocycles. The predicted octanol–water partition coefficient (Wildman–Crippen LogP) is 2.41. The fraction of sp³-hybridized carbons (Fsp3) is 0.364. The largest absolute Gasteiger partial charge is 0.370 e. The first-order valence-corrected chi connectivity index (χ1v) is 6.85. The first-order chi connectivity index (χ1) is 8.66. The topological polar surface area (TPSA) is 80.9 Å². The van der Waals surface area contributed by atoms with Gasteiger partial charge in [0, 0.05) is 13.0 Å². The number of thiophene rings is 1. The molecule has 0 aliphatic heterocycles. The molecule has 0 aliphatic carbocycles. The minimum absolute atomic E-state index is 0.240. The Bertz CT molecular complexity index is 557. The number of amides is 1.